The predicted molar refractivity (Wildman–Crippen MR) is 60.3 cm³/mol. The molecule has 2 heterocycles. The van der Waals surface area contributed by atoms with Crippen LogP contribution in [-0.4, -0.2) is 41.2 Å². The fourth-order valence-corrected chi connectivity index (χ4v) is 2.02. The van der Waals surface area contributed by atoms with Gasteiger partial charge in [-0.05, 0) is 25.3 Å². The van der Waals surface area contributed by atoms with E-state index in [9.17, 15) is 17.6 Å². The van der Waals surface area contributed by atoms with E-state index in [1.807, 2.05) is 5.10 Å². The summed E-state index contributed by atoms with van der Waals surface area (Å²) in [4.78, 5) is 5.16. The maximum atomic E-state index is 13.1. The average molecular weight is 281 g/mol. The molecule has 108 valence electrons. The lowest BCUT2D eigenvalue weighted by molar-refractivity contribution is -0.140. The molecule has 0 atom stereocenters. The number of nitrogens with two attached hydrogens (primary N) is 1. The van der Waals surface area contributed by atoms with Gasteiger partial charge in [-0.2, -0.15) is 13.8 Å². The van der Waals surface area contributed by atoms with Gasteiger partial charge in [-0.15, -0.1) is 5.10 Å². The molecule has 1 fully saturated rings. The minimum Gasteiger partial charge on any atom is -0.340 e. The zero-order valence-electron chi connectivity index (χ0n) is 10.1. The number of hydrogen-bond donors (Lipinski definition) is 2. The Labute approximate surface area is 107 Å². The molecular formula is C10H15F4N5. The molecule has 19 heavy (non-hydrogen) atoms. The molecule has 1 aliphatic heterocycles. The highest BCUT2D eigenvalue weighted by Gasteiger charge is 2.46. The van der Waals surface area contributed by atoms with Gasteiger partial charge < -0.3 is 10.6 Å². The number of aromatic nitrogens is 3. The highest BCUT2D eigenvalue weighted by molar-refractivity contribution is 5.30. The first-order chi connectivity index (χ1) is 8.95. The maximum absolute atomic E-state index is 13.1. The molecule has 3 N–H and O–H groups in total. The summed E-state index contributed by atoms with van der Waals surface area (Å²) in [6, 6.07) is 0. The molecule has 9 heteroatoms. The lowest BCUT2D eigenvalue weighted by atomic mass is 9.97. The lowest BCUT2D eigenvalue weighted by Gasteiger charge is -2.30. The third kappa shape index (κ3) is 2.80. The number of halogens is 4. The SMILES string of the molecule is NCC1CCN(c2n[nH]c(C(F)(F)C(F)F)n2)CC1. The third-order valence-corrected chi connectivity index (χ3v) is 3.29. The van der Waals surface area contributed by atoms with Gasteiger partial charge in [-0.25, -0.2) is 8.78 Å². The van der Waals surface area contributed by atoms with Crippen molar-refractivity contribution >= 4 is 5.95 Å². The summed E-state index contributed by atoms with van der Waals surface area (Å²) in [5.74, 6) is -4.97. The van der Waals surface area contributed by atoms with Crippen LogP contribution in [0.25, 0.3) is 0 Å². The number of nitrogens with one attached hydrogen (secondary N) is 1. The maximum Gasteiger partial charge on any atom is 0.365 e. The summed E-state index contributed by atoms with van der Waals surface area (Å²) in [6.45, 7) is 1.75. The molecule has 0 aliphatic carbocycles. The van der Waals surface area contributed by atoms with Gasteiger partial charge in [0.25, 0.3) is 0 Å². The van der Waals surface area contributed by atoms with Crippen LogP contribution in [0.5, 0.6) is 0 Å². The van der Waals surface area contributed by atoms with Gasteiger partial charge in [0.1, 0.15) is 0 Å². The van der Waals surface area contributed by atoms with Gasteiger partial charge in [0, 0.05) is 13.1 Å². The highest BCUT2D eigenvalue weighted by Crippen LogP contribution is 2.33. The van der Waals surface area contributed by atoms with Crippen LogP contribution >= 0.6 is 0 Å². The van der Waals surface area contributed by atoms with Gasteiger partial charge in [-0.3, -0.25) is 5.10 Å². The Morgan fingerprint density at radius 2 is 2.00 bits per heavy atom. The Bertz CT molecular complexity index is 414. The van der Waals surface area contributed by atoms with Gasteiger partial charge in [0.2, 0.25) is 11.8 Å². The molecule has 2 rings (SSSR count). The molecule has 0 saturated carbocycles. The van der Waals surface area contributed by atoms with Gasteiger partial charge in [0.05, 0.1) is 0 Å². The molecule has 0 radical (unpaired) electrons. The van der Waals surface area contributed by atoms with Crippen LogP contribution in [0.2, 0.25) is 0 Å². The Hall–Kier alpha value is -1.38. The van der Waals surface area contributed by atoms with E-state index >= 15 is 0 Å². The van der Waals surface area contributed by atoms with Crippen LogP contribution in [-0.2, 0) is 5.92 Å². The van der Waals surface area contributed by atoms with Crippen molar-refractivity contribution in [2.75, 3.05) is 24.5 Å². The smallest absolute Gasteiger partial charge is 0.340 e. The van der Waals surface area contributed by atoms with Gasteiger partial charge in [0.15, 0.2) is 0 Å². The number of hydrogen-bond acceptors (Lipinski definition) is 4. The first-order valence-corrected chi connectivity index (χ1v) is 5.99. The monoisotopic (exact) mass is 281 g/mol. The topological polar surface area (TPSA) is 70.8 Å². The quantitative estimate of drug-likeness (QED) is 0.817. The molecular weight excluding hydrogens is 266 g/mol. The van der Waals surface area contributed by atoms with E-state index in [1.165, 1.54) is 0 Å². The largest absolute Gasteiger partial charge is 0.365 e. The Morgan fingerprint density at radius 3 is 2.53 bits per heavy atom. The predicted octanol–water partition coefficient (Wildman–Crippen LogP) is 1.34. The second-order valence-electron chi connectivity index (χ2n) is 4.57. The van der Waals surface area contributed by atoms with Crippen LogP contribution in [0.3, 0.4) is 0 Å². The normalized spacial score (nSPS) is 18.3. The zero-order chi connectivity index (χ0) is 14.0. The van der Waals surface area contributed by atoms with Crippen LogP contribution in [0.4, 0.5) is 23.5 Å². The van der Waals surface area contributed by atoms with Crippen molar-refractivity contribution < 1.29 is 17.6 Å². The first-order valence-electron chi connectivity index (χ1n) is 5.99. The summed E-state index contributed by atoms with van der Waals surface area (Å²) >= 11 is 0. The molecule has 0 bridgehead atoms. The van der Waals surface area contributed by atoms with Gasteiger partial charge in [-0.1, -0.05) is 0 Å². The molecule has 0 aromatic carbocycles. The highest BCUT2D eigenvalue weighted by atomic mass is 19.3. The molecule has 0 unspecified atom stereocenters. The number of aromatic amines is 1. The van der Waals surface area contributed by atoms with E-state index < -0.39 is 18.2 Å². The number of anilines is 1. The van der Waals surface area contributed by atoms with Crippen LogP contribution < -0.4 is 10.6 Å². The summed E-state index contributed by atoms with van der Waals surface area (Å²) in [5.41, 5.74) is 5.54. The molecule has 0 spiro atoms. The van der Waals surface area contributed by atoms with E-state index in [1.54, 1.807) is 4.90 Å². The Morgan fingerprint density at radius 1 is 1.37 bits per heavy atom. The molecule has 1 aromatic rings. The minimum absolute atomic E-state index is 0.0331. The Kier molecular flexibility index (Phi) is 3.93. The number of alkyl halides is 4. The molecule has 1 saturated heterocycles. The summed E-state index contributed by atoms with van der Waals surface area (Å²) < 4.78 is 50.5. The van der Waals surface area contributed by atoms with E-state index in [4.69, 9.17) is 5.73 Å². The van der Waals surface area contributed by atoms with E-state index in [0.29, 0.717) is 25.6 Å². The molecule has 5 nitrogen and oxygen atoms in total. The third-order valence-electron chi connectivity index (χ3n) is 3.29. The summed E-state index contributed by atoms with van der Waals surface area (Å²) in [6.07, 6.45) is -2.19. The van der Waals surface area contributed by atoms with Gasteiger partial charge >= 0.3 is 12.3 Å². The number of H-pyrrole nitrogens is 1. The lowest BCUT2D eigenvalue weighted by Crippen LogP contribution is -2.36. The summed E-state index contributed by atoms with van der Waals surface area (Å²) in [5, 5.41) is 5.48. The fourth-order valence-electron chi connectivity index (χ4n) is 2.02. The van der Waals surface area contributed by atoms with Crippen LogP contribution in [0.1, 0.15) is 18.7 Å². The van der Waals surface area contributed by atoms with Crippen molar-refractivity contribution in [1.29, 1.82) is 0 Å². The van der Waals surface area contributed by atoms with Crippen LogP contribution in [0, 0.1) is 5.92 Å². The first kappa shape index (κ1) is 14.0. The van der Waals surface area contributed by atoms with E-state index in [0.717, 1.165) is 12.8 Å². The van der Waals surface area contributed by atoms with Crippen molar-refractivity contribution in [2.45, 2.75) is 25.2 Å². The Balaban J connectivity index is 2.06. The van der Waals surface area contributed by atoms with Crippen molar-refractivity contribution in [1.82, 2.24) is 15.2 Å². The number of piperidine rings is 1. The van der Waals surface area contributed by atoms with E-state index in [2.05, 4.69) is 10.1 Å². The van der Waals surface area contributed by atoms with Crippen LogP contribution in [0.15, 0.2) is 0 Å². The molecule has 1 aliphatic rings. The van der Waals surface area contributed by atoms with Crippen molar-refractivity contribution in [3.8, 4) is 0 Å². The number of nitrogens with zero attached hydrogens (tertiary/aromatic N) is 3. The number of rotatable bonds is 4. The zero-order valence-corrected chi connectivity index (χ0v) is 10.1. The second kappa shape index (κ2) is 5.32. The fraction of sp³-hybridized carbons (Fsp3) is 0.800. The average Bonchev–Trinajstić information content (AvgIpc) is 2.89. The second-order valence-corrected chi connectivity index (χ2v) is 4.57. The van der Waals surface area contributed by atoms with Crippen molar-refractivity contribution in [3.63, 3.8) is 0 Å². The standard InChI is InChI=1S/C10H15F4N5/c11-7(12)10(13,14)8-16-9(18-17-8)19-3-1-6(5-15)2-4-19/h6-7H,1-5,15H2,(H,16,17,18). The summed E-state index contributed by atoms with van der Waals surface area (Å²) in [7, 11) is 0. The minimum atomic E-state index is -4.30. The van der Waals surface area contributed by atoms with E-state index in [-0.39, 0.29) is 5.95 Å². The molecule has 0 amide bonds. The molecule has 1 aromatic heterocycles. The van der Waals surface area contributed by atoms with Crippen molar-refractivity contribution in [2.24, 2.45) is 11.7 Å². The van der Waals surface area contributed by atoms with Crippen molar-refractivity contribution in [3.05, 3.63) is 5.82 Å².